The molecule has 0 spiro atoms. The molecular weight excluding hydrogens is 238 g/mol. The molecule has 0 radical (unpaired) electrons. The molecule has 1 saturated heterocycles. The van der Waals surface area contributed by atoms with Crippen molar-refractivity contribution in [3.63, 3.8) is 0 Å². The summed E-state index contributed by atoms with van der Waals surface area (Å²) in [5.74, 6) is -0.0651. The van der Waals surface area contributed by atoms with Crippen LogP contribution in [0.15, 0.2) is 17.2 Å². The number of ether oxygens (including phenoxy) is 1. The van der Waals surface area contributed by atoms with Gasteiger partial charge in [0.1, 0.15) is 0 Å². The number of aromatic carboxylic acids is 1. The number of pyridine rings is 1. The van der Waals surface area contributed by atoms with Crippen molar-refractivity contribution in [2.75, 3.05) is 12.4 Å². The fourth-order valence-electron chi connectivity index (χ4n) is 1.79. The van der Waals surface area contributed by atoms with E-state index in [4.69, 9.17) is 9.84 Å². The van der Waals surface area contributed by atoms with Crippen LogP contribution in [-0.4, -0.2) is 34.5 Å². The molecule has 0 aromatic carbocycles. The van der Waals surface area contributed by atoms with Crippen molar-refractivity contribution in [3.05, 3.63) is 23.4 Å². The molecule has 17 heavy (non-hydrogen) atoms. The first kappa shape index (κ1) is 12.4. The van der Waals surface area contributed by atoms with E-state index in [1.165, 1.54) is 0 Å². The van der Waals surface area contributed by atoms with Gasteiger partial charge in [0.25, 0.3) is 0 Å². The second-order valence-electron chi connectivity index (χ2n) is 4.09. The van der Waals surface area contributed by atoms with Gasteiger partial charge in [-0.05, 0) is 31.9 Å². The van der Waals surface area contributed by atoms with Crippen LogP contribution < -0.4 is 0 Å². The van der Waals surface area contributed by atoms with Crippen molar-refractivity contribution in [3.8, 4) is 0 Å². The van der Waals surface area contributed by atoms with Crippen LogP contribution in [0.1, 0.15) is 28.9 Å². The fourth-order valence-corrected chi connectivity index (χ4v) is 2.83. The summed E-state index contributed by atoms with van der Waals surface area (Å²) >= 11 is 1.56. The van der Waals surface area contributed by atoms with Crippen molar-refractivity contribution >= 4 is 17.7 Å². The van der Waals surface area contributed by atoms with E-state index in [1.54, 1.807) is 23.9 Å². The van der Waals surface area contributed by atoms with E-state index in [0.29, 0.717) is 5.56 Å². The lowest BCUT2D eigenvalue weighted by Gasteiger charge is -2.09. The predicted octanol–water partition coefficient (Wildman–Crippen LogP) is 2.36. The molecule has 2 heterocycles. The van der Waals surface area contributed by atoms with Crippen molar-refractivity contribution in [2.45, 2.75) is 30.9 Å². The lowest BCUT2D eigenvalue weighted by atomic mass is 10.2. The van der Waals surface area contributed by atoms with Gasteiger partial charge in [-0.1, -0.05) is 0 Å². The second-order valence-corrected chi connectivity index (χ2v) is 5.13. The summed E-state index contributed by atoms with van der Waals surface area (Å²) in [5.41, 5.74) is 1.03. The molecule has 5 heteroatoms. The van der Waals surface area contributed by atoms with Crippen molar-refractivity contribution in [2.24, 2.45) is 0 Å². The van der Waals surface area contributed by atoms with Crippen LogP contribution in [0.4, 0.5) is 0 Å². The van der Waals surface area contributed by atoms with E-state index in [1.807, 2.05) is 6.92 Å². The molecule has 1 fully saturated rings. The summed E-state index contributed by atoms with van der Waals surface area (Å²) in [5, 5.41) is 9.71. The summed E-state index contributed by atoms with van der Waals surface area (Å²) in [6.07, 6.45) is 2.49. The summed E-state index contributed by atoms with van der Waals surface area (Å²) < 4.78 is 5.52. The lowest BCUT2D eigenvalue weighted by molar-refractivity contribution is 0.0696. The molecule has 4 nitrogen and oxygen atoms in total. The largest absolute Gasteiger partial charge is 0.478 e. The van der Waals surface area contributed by atoms with Crippen LogP contribution in [-0.2, 0) is 4.74 Å². The van der Waals surface area contributed by atoms with Gasteiger partial charge in [-0.15, -0.1) is 11.8 Å². The van der Waals surface area contributed by atoms with Crippen molar-refractivity contribution in [1.29, 1.82) is 0 Å². The molecule has 1 aromatic heterocycles. The van der Waals surface area contributed by atoms with Crippen LogP contribution >= 0.6 is 11.8 Å². The maximum Gasteiger partial charge on any atom is 0.335 e. The smallest absolute Gasteiger partial charge is 0.335 e. The summed E-state index contributed by atoms with van der Waals surface area (Å²) in [4.78, 5) is 15.2. The topological polar surface area (TPSA) is 59.4 Å². The van der Waals surface area contributed by atoms with Crippen LogP contribution in [0.5, 0.6) is 0 Å². The molecule has 1 unspecified atom stereocenters. The van der Waals surface area contributed by atoms with Crippen molar-refractivity contribution in [1.82, 2.24) is 4.98 Å². The molecule has 1 aliphatic heterocycles. The minimum Gasteiger partial charge on any atom is -0.478 e. The molecule has 1 atom stereocenters. The van der Waals surface area contributed by atoms with Crippen LogP contribution in [0.3, 0.4) is 0 Å². The van der Waals surface area contributed by atoms with Gasteiger partial charge in [-0.25, -0.2) is 9.78 Å². The molecule has 2 rings (SSSR count). The van der Waals surface area contributed by atoms with E-state index >= 15 is 0 Å². The molecule has 0 saturated carbocycles. The molecule has 0 aliphatic carbocycles. The SMILES string of the molecule is Cc1cc(C(=O)O)cc(SCC2CCCO2)n1. The number of carboxylic acids is 1. The van der Waals surface area contributed by atoms with Gasteiger partial charge < -0.3 is 9.84 Å². The highest BCUT2D eigenvalue weighted by Gasteiger charge is 2.16. The van der Waals surface area contributed by atoms with E-state index in [2.05, 4.69) is 4.98 Å². The Bertz CT molecular complexity index is 416. The average Bonchev–Trinajstić information content (AvgIpc) is 2.78. The number of thioether (sulfide) groups is 1. The van der Waals surface area contributed by atoms with Gasteiger partial charge in [-0.3, -0.25) is 0 Å². The number of hydrogen-bond donors (Lipinski definition) is 1. The monoisotopic (exact) mass is 253 g/mol. The third-order valence-electron chi connectivity index (χ3n) is 2.62. The third kappa shape index (κ3) is 3.44. The van der Waals surface area contributed by atoms with E-state index in [0.717, 1.165) is 35.9 Å². The first-order chi connectivity index (χ1) is 8.15. The van der Waals surface area contributed by atoms with Gasteiger partial charge in [0.2, 0.25) is 0 Å². The molecule has 0 bridgehead atoms. The zero-order valence-electron chi connectivity index (χ0n) is 9.68. The number of nitrogens with zero attached hydrogens (tertiary/aromatic N) is 1. The van der Waals surface area contributed by atoms with E-state index in [-0.39, 0.29) is 6.10 Å². The van der Waals surface area contributed by atoms with E-state index in [9.17, 15) is 4.79 Å². The van der Waals surface area contributed by atoms with Gasteiger partial charge in [0, 0.05) is 18.1 Å². The minimum atomic E-state index is -0.908. The molecular formula is C12H15NO3S. The summed E-state index contributed by atoms with van der Waals surface area (Å²) in [7, 11) is 0. The van der Waals surface area contributed by atoms with Crippen LogP contribution in [0.2, 0.25) is 0 Å². The first-order valence-corrected chi connectivity index (χ1v) is 6.60. The van der Waals surface area contributed by atoms with E-state index < -0.39 is 5.97 Å². The highest BCUT2D eigenvalue weighted by atomic mass is 32.2. The Labute approximate surface area is 104 Å². The maximum atomic E-state index is 10.9. The van der Waals surface area contributed by atoms with Gasteiger partial charge in [0.15, 0.2) is 0 Å². The zero-order chi connectivity index (χ0) is 12.3. The maximum absolute atomic E-state index is 10.9. The number of carboxylic acid groups (broad SMARTS) is 1. The molecule has 1 aromatic rings. The minimum absolute atomic E-state index is 0.288. The molecule has 92 valence electrons. The van der Waals surface area contributed by atoms with Gasteiger partial charge in [-0.2, -0.15) is 0 Å². The number of carbonyl (C=O) groups is 1. The zero-order valence-corrected chi connectivity index (χ0v) is 10.5. The molecule has 1 N–H and O–H groups in total. The average molecular weight is 253 g/mol. The predicted molar refractivity (Wildman–Crippen MR) is 65.6 cm³/mol. The first-order valence-electron chi connectivity index (χ1n) is 5.61. The molecule has 0 amide bonds. The summed E-state index contributed by atoms with van der Waals surface area (Å²) in [6.45, 7) is 2.65. The normalized spacial score (nSPS) is 19.5. The van der Waals surface area contributed by atoms with Crippen molar-refractivity contribution < 1.29 is 14.6 Å². The second kappa shape index (κ2) is 5.51. The number of aryl methyl sites for hydroxylation is 1. The quantitative estimate of drug-likeness (QED) is 0.835. The standard InChI is InChI=1S/C12H15NO3S/c1-8-5-9(12(14)15)6-11(13-8)17-7-10-3-2-4-16-10/h5-6,10H,2-4,7H2,1H3,(H,14,15). The number of hydrogen-bond acceptors (Lipinski definition) is 4. The molecule has 1 aliphatic rings. The Morgan fingerprint density at radius 1 is 1.65 bits per heavy atom. The van der Waals surface area contributed by atoms with Crippen LogP contribution in [0.25, 0.3) is 0 Å². The Morgan fingerprint density at radius 2 is 2.47 bits per heavy atom. The Morgan fingerprint density at radius 3 is 3.12 bits per heavy atom. The Hall–Kier alpha value is -1.07. The van der Waals surface area contributed by atoms with Gasteiger partial charge >= 0.3 is 5.97 Å². The third-order valence-corrected chi connectivity index (χ3v) is 3.66. The summed E-state index contributed by atoms with van der Waals surface area (Å²) in [6, 6.07) is 3.20. The highest BCUT2D eigenvalue weighted by molar-refractivity contribution is 7.99. The number of aromatic nitrogens is 1. The van der Waals surface area contributed by atoms with Crippen LogP contribution in [0, 0.1) is 6.92 Å². The van der Waals surface area contributed by atoms with Gasteiger partial charge in [0.05, 0.1) is 16.7 Å². The highest BCUT2D eigenvalue weighted by Crippen LogP contribution is 2.23. The number of rotatable bonds is 4. The Kier molecular flexibility index (Phi) is 4.02. The lowest BCUT2D eigenvalue weighted by Crippen LogP contribution is -2.08. The Balaban J connectivity index is 2.01. The fraction of sp³-hybridized carbons (Fsp3) is 0.500.